The molecule has 1 amide bonds. The first kappa shape index (κ1) is 17.1. The molecule has 0 fully saturated rings. The van der Waals surface area contributed by atoms with Crippen molar-refractivity contribution in [1.82, 2.24) is 15.1 Å². The average Bonchev–Trinajstić information content (AvgIpc) is 2.72. The topological polar surface area (TPSA) is 67.2 Å². The van der Waals surface area contributed by atoms with Gasteiger partial charge in [0.25, 0.3) is 5.91 Å². The number of amides is 1. The van der Waals surface area contributed by atoms with Crippen LogP contribution < -0.4 is 5.32 Å². The van der Waals surface area contributed by atoms with Gasteiger partial charge in [-0.2, -0.15) is 5.10 Å². The van der Waals surface area contributed by atoms with Crippen molar-refractivity contribution in [2.75, 3.05) is 0 Å². The molecule has 2 N–H and O–H groups in total. The first-order valence-electron chi connectivity index (χ1n) is 7.54. The molecule has 2 atom stereocenters. The number of aliphatic hydroxyl groups excluding tert-OH is 1. The van der Waals surface area contributed by atoms with Crippen LogP contribution in [0.25, 0.3) is 0 Å². The molecular formula is C17H22FN3O2. The van der Waals surface area contributed by atoms with E-state index in [4.69, 9.17) is 0 Å². The first-order valence-corrected chi connectivity index (χ1v) is 7.54. The summed E-state index contributed by atoms with van der Waals surface area (Å²) in [7, 11) is 1.79. The number of carbonyl (C=O) groups is 1. The van der Waals surface area contributed by atoms with Crippen LogP contribution >= 0.6 is 0 Å². The fourth-order valence-electron chi connectivity index (χ4n) is 2.61. The van der Waals surface area contributed by atoms with Crippen molar-refractivity contribution < 1.29 is 14.3 Å². The van der Waals surface area contributed by atoms with E-state index in [1.54, 1.807) is 30.8 Å². The number of nitrogens with zero attached hydrogens (tertiary/aromatic N) is 2. The Hall–Kier alpha value is -2.21. The highest BCUT2D eigenvalue weighted by Crippen LogP contribution is 2.19. The van der Waals surface area contributed by atoms with Gasteiger partial charge < -0.3 is 10.4 Å². The molecule has 1 heterocycles. The van der Waals surface area contributed by atoms with Gasteiger partial charge in [-0.1, -0.05) is 12.1 Å². The van der Waals surface area contributed by atoms with Gasteiger partial charge in [0.15, 0.2) is 0 Å². The second-order valence-corrected chi connectivity index (χ2v) is 5.85. The number of carbonyl (C=O) groups excluding carboxylic acids is 1. The summed E-state index contributed by atoms with van der Waals surface area (Å²) in [5.74, 6) is -0.545. The lowest BCUT2D eigenvalue weighted by Gasteiger charge is -2.18. The third kappa shape index (κ3) is 3.96. The zero-order valence-electron chi connectivity index (χ0n) is 13.8. The molecule has 0 spiro atoms. The molecule has 2 unspecified atom stereocenters. The highest BCUT2D eigenvalue weighted by atomic mass is 19.1. The normalized spacial score (nSPS) is 13.7. The summed E-state index contributed by atoms with van der Waals surface area (Å²) in [6.07, 6.45) is -0.419. The molecular weight excluding hydrogens is 297 g/mol. The van der Waals surface area contributed by atoms with Gasteiger partial charge in [0.1, 0.15) is 5.82 Å². The molecule has 5 nitrogen and oxygen atoms in total. The average molecular weight is 319 g/mol. The summed E-state index contributed by atoms with van der Waals surface area (Å²) in [4.78, 5) is 12.4. The predicted octanol–water partition coefficient (Wildman–Crippen LogP) is 2.42. The molecule has 2 rings (SSSR count). The fraction of sp³-hybridized carbons (Fsp3) is 0.412. The molecule has 0 radical (unpaired) electrons. The SMILES string of the molecule is Cc1nn(C)c(C)c1C(=O)NC(C)CC(O)c1ccc(F)cc1. The minimum atomic E-state index is -0.762. The number of hydrogen-bond donors (Lipinski definition) is 2. The summed E-state index contributed by atoms with van der Waals surface area (Å²) in [5.41, 5.74) is 2.66. The third-order valence-electron chi connectivity index (χ3n) is 3.95. The lowest BCUT2D eigenvalue weighted by Crippen LogP contribution is -2.34. The van der Waals surface area contributed by atoms with E-state index in [0.717, 1.165) is 5.69 Å². The second kappa shape index (κ2) is 6.91. The van der Waals surface area contributed by atoms with Crippen molar-refractivity contribution in [3.63, 3.8) is 0 Å². The van der Waals surface area contributed by atoms with Gasteiger partial charge in [0, 0.05) is 18.8 Å². The van der Waals surface area contributed by atoms with Crippen molar-refractivity contribution in [2.24, 2.45) is 7.05 Å². The van der Waals surface area contributed by atoms with Gasteiger partial charge >= 0.3 is 0 Å². The van der Waals surface area contributed by atoms with Crippen LogP contribution in [-0.4, -0.2) is 26.8 Å². The molecule has 23 heavy (non-hydrogen) atoms. The van der Waals surface area contributed by atoms with E-state index in [2.05, 4.69) is 10.4 Å². The van der Waals surface area contributed by atoms with E-state index in [0.29, 0.717) is 23.2 Å². The maximum absolute atomic E-state index is 12.9. The van der Waals surface area contributed by atoms with Crippen LogP contribution in [0.4, 0.5) is 4.39 Å². The Balaban J connectivity index is 2.00. The van der Waals surface area contributed by atoms with Crippen LogP contribution in [0.3, 0.4) is 0 Å². The Bertz CT molecular complexity index is 695. The van der Waals surface area contributed by atoms with Crippen LogP contribution in [0.5, 0.6) is 0 Å². The lowest BCUT2D eigenvalue weighted by atomic mass is 10.0. The van der Waals surface area contributed by atoms with Gasteiger partial charge in [-0.05, 0) is 44.9 Å². The van der Waals surface area contributed by atoms with Crippen molar-refractivity contribution in [3.05, 3.63) is 52.6 Å². The van der Waals surface area contributed by atoms with Crippen LogP contribution in [0.1, 0.15) is 46.8 Å². The van der Waals surface area contributed by atoms with Crippen LogP contribution in [-0.2, 0) is 7.05 Å². The fourth-order valence-corrected chi connectivity index (χ4v) is 2.61. The molecule has 1 aromatic carbocycles. The lowest BCUT2D eigenvalue weighted by molar-refractivity contribution is 0.0915. The van der Waals surface area contributed by atoms with Crippen LogP contribution in [0, 0.1) is 19.7 Å². The van der Waals surface area contributed by atoms with E-state index in [1.807, 2.05) is 13.8 Å². The summed E-state index contributed by atoms with van der Waals surface area (Å²) in [6, 6.07) is 5.48. The van der Waals surface area contributed by atoms with Gasteiger partial charge in [-0.15, -0.1) is 0 Å². The molecule has 0 bridgehead atoms. The predicted molar refractivity (Wildman–Crippen MR) is 85.6 cm³/mol. The van der Waals surface area contributed by atoms with E-state index in [9.17, 15) is 14.3 Å². The van der Waals surface area contributed by atoms with E-state index < -0.39 is 6.10 Å². The molecule has 124 valence electrons. The largest absolute Gasteiger partial charge is 0.388 e. The van der Waals surface area contributed by atoms with Crippen molar-refractivity contribution in [1.29, 1.82) is 0 Å². The quantitative estimate of drug-likeness (QED) is 0.889. The number of aromatic nitrogens is 2. The molecule has 1 aromatic heterocycles. The smallest absolute Gasteiger partial charge is 0.255 e. The number of halogens is 1. The molecule has 0 saturated heterocycles. The highest BCUT2D eigenvalue weighted by Gasteiger charge is 2.20. The van der Waals surface area contributed by atoms with Crippen LogP contribution in [0.2, 0.25) is 0 Å². The van der Waals surface area contributed by atoms with E-state index >= 15 is 0 Å². The van der Waals surface area contributed by atoms with Gasteiger partial charge in [0.2, 0.25) is 0 Å². The van der Waals surface area contributed by atoms with E-state index in [1.165, 1.54) is 12.1 Å². The minimum Gasteiger partial charge on any atom is -0.388 e. The number of aryl methyl sites for hydroxylation is 2. The summed E-state index contributed by atoms with van der Waals surface area (Å²) in [6.45, 7) is 5.46. The highest BCUT2D eigenvalue weighted by molar-refractivity contribution is 5.96. The standard InChI is InChI=1S/C17H22FN3O2/c1-10(9-15(22)13-5-7-14(18)8-6-13)19-17(23)16-11(2)20-21(4)12(16)3/h5-8,10,15,22H,9H2,1-4H3,(H,19,23). The molecule has 2 aromatic rings. The Kier molecular flexibility index (Phi) is 5.15. The number of benzene rings is 1. The van der Waals surface area contributed by atoms with Crippen molar-refractivity contribution >= 4 is 5.91 Å². The molecule has 0 aliphatic carbocycles. The molecule has 0 aliphatic rings. The minimum absolute atomic E-state index is 0.202. The summed E-state index contributed by atoms with van der Waals surface area (Å²) >= 11 is 0. The Morgan fingerprint density at radius 2 is 1.96 bits per heavy atom. The monoisotopic (exact) mass is 319 g/mol. The Morgan fingerprint density at radius 3 is 2.48 bits per heavy atom. The number of hydrogen-bond acceptors (Lipinski definition) is 3. The van der Waals surface area contributed by atoms with Gasteiger partial charge in [-0.25, -0.2) is 4.39 Å². The Labute approximate surface area is 135 Å². The number of aliphatic hydroxyl groups is 1. The van der Waals surface area contributed by atoms with Crippen molar-refractivity contribution in [3.8, 4) is 0 Å². The zero-order valence-corrected chi connectivity index (χ0v) is 13.8. The molecule has 0 aliphatic heterocycles. The third-order valence-corrected chi connectivity index (χ3v) is 3.95. The molecule has 6 heteroatoms. The first-order chi connectivity index (χ1) is 10.8. The Morgan fingerprint density at radius 1 is 1.35 bits per heavy atom. The molecule has 0 saturated carbocycles. The number of nitrogens with one attached hydrogen (secondary N) is 1. The van der Waals surface area contributed by atoms with Crippen molar-refractivity contribution in [2.45, 2.75) is 39.3 Å². The second-order valence-electron chi connectivity index (χ2n) is 5.85. The zero-order chi connectivity index (χ0) is 17.1. The summed E-state index contributed by atoms with van der Waals surface area (Å²) in [5, 5.41) is 17.3. The van der Waals surface area contributed by atoms with Crippen LogP contribution in [0.15, 0.2) is 24.3 Å². The summed E-state index contributed by atoms with van der Waals surface area (Å²) < 4.78 is 14.6. The van der Waals surface area contributed by atoms with Gasteiger partial charge in [-0.3, -0.25) is 9.48 Å². The maximum atomic E-state index is 12.9. The van der Waals surface area contributed by atoms with E-state index in [-0.39, 0.29) is 17.8 Å². The maximum Gasteiger partial charge on any atom is 0.255 e. The number of rotatable bonds is 5. The van der Waals surface area contributed by atoms with Gasteiger partial charge in [0.05, 0.1) is 17.4 Å².